The average Bonchev–Trinajstić information content (AvgIpc) is 2.47. The first kappa shape index (κ1) is 15.5. The topological polar surface area (TPSA) is 57.6 Å². The summed E-state index contributed by atoms with van der Waals surface area (Å²) >= 11 is 0. The van der Waals surface area contributed by atoms with Gasteiger partial charge in [-0.2, -0.15) is 0 Å². The molecule has 5 heteroatoms. The molecule has 1 aliphatic heterocycles. The van der Waals surface area contributed by atoms with Crippen molar-refractivity contribution in [2.45, 2.75) is 32.1 Å². The second-order valence-electron chi connectivity index (χ2n) is 5.64. The lowest BCUT2D eigenvalue weighted by atomic mass is 9.94. The summed E-state index contributed by atoms with van der Waals surface area (Å²) in [5.74, 6) is -1.96. The molecule has 1 N–H and O–H groups in total. The molecule has 1 aromatic carbocycles. The average molecular weight is 293 g/mol. The van der Waals surface area contributed by atoms with E-state index in [1.54, 1.807) is 23.1 Å². The van der Waals surface area contributed by atoms with Crippen molar-refractivity contribution in [1.29, 1.82) is 0 Å². The number of amides is 1. The molecule has 0 spiro atoms. The first-order valence-corrected chi connectivity index (χ1v) is 7.24. The zero-order valence-electron chi connectivity index (χ0n) is 12.1. The monoisotopic (exact) mass is 293 g/mol. The summed E-state index contributed by atoms with van der Waals surface area (Å²) in [4.78, 5) is 24.9. The number of halogens is 1. The molecule has 1 fully saturated rings. The third kappa shape index (κ3) is 3.80. The summed E-state index contributed by atoms with van der Waals surface area (Å²) in [5.41, 5.74) is 0.526. The van der Waals surface area contributed by atoms with Crippen LogP contribution in [0.15, 0.2) is 24.3 Å². The molecule has 1 amide bonds. The van der Waals surface area contributed by atoms with Gasteiger partial charge in [0.05, 0.1) is 5.92 Å². The zero-order chi connectivity index (χ0) is 15.4. The van der Waals surface area contributed by atoms with E-state index in [4.69, 9.17) is 5.11 Å². The molecule has 4 nitrogen and oxygen atoms in total. The fourth-order valence-electron chi connectivity index (χ4n) is 2.78. The number of piperidine rings is 1. The standard InChI is InChI=1S/C16H20FNO3/c1-11(13-6-2-3-7-14(13)17)9-15(19)18-8-4-5-12(10-18)16(20)21/h2-3,6-7,11-12H,4-5,8-10H2,1H3,(H,20,21). The Morgan fingerprint density at radius 2 is 2.14 bits per heavy atom. The highest BCUT2D eigenvalue weighted by Gasteiger charge is 2.29. The maximum atomic E-state index is 13.7. The number of benzene rings is 1. The largest absolute Gasteiger partial charge is 0.481 e. The Hall–Kier alpha value is -1.91. The fourth-order valence-corrected chi connectivity index (χ4v) is 2.78. The Labute approximate surface area is 123 Å². The number of rotatable bonds is 4. The molecule has 0 saturated carbocycles. The Morgan fingerprint density at radius 1 is 1.43 bits per heavy atom. The van der Waals surface area contributed by atoms with E-state index < -0.39 is 11.9 Å². The number of aliphatic carboxylic acids is 1. The normalized spacial score (nSPS) is 20.1. The van der Waals surface area contributed by atoms with E-state index >= 15 is 0 Å². The minimum atomic E-state index is -0.852. The van der Waals surface area contributed by atoms with Crippen LogP contribution in [0.25, 0.3) is 0 Å². The van der Waals surface area contributed by atoms with Gasteiger partial charge in [-0.3, -0.25) is 9.59 Å². The van der Waals surface area contributed by atoms with Crippen LogP contribution in [0.4, 0.5) is 4.39 Å². The summed E-state index contributed by atoms with van der Waals surface area (Å²) in [6, 6.07) is 6.44. The summed E-state index contributed by atoms with van der Waals surface area (Å²) in [5, 5.41) is 9.05. The van der Waals surface area contributed by atoms with Crippen molar-refractivity contribution in [2.24, 2.45) is 5.92 Å². The van der Waals surface area contributed by atoms with Crippen LogP contribution in [-0.2, 0) is 9.59 Å². The second kappa shape index (κ2) is 6.70. The van der Waals surface area contributed by atoms with Crippen molar-refractivity contribution in [2.75, 3.05) is 13.1 Å². The van der Waals surface area contributed by atoms with Crippen LogP contribution in [0.5, 0.6) is 0 Å². The van der Waals surface area contributed by atoms with Gasteiger partial charge in [0.25, 0.3) is 0 Å². The van der Waals surface area contributed by atoms with Crippen molar-refractivity contribution in [3.63, 3.8) is 0 Å². The van der Waals surface area contributed by atoms with Crippen LogP contribution in [0.1, 0.15) is 37.7 Å². The number of nitrogens with zero attached hydrogens (tertiary/aromatic N) is 1. The van der Waals surface area contributed by atoms with Gasteiger partial charge in [0.15, 0.2) is 0 Å². The predicted molar refractivity (Wildman–Crippen MR) is 76.4 cm³/mol. The molecule has 2 rings (SSSR count). The number of carbonyl (C=O) groups excluding carboxylic acids is 1. The van der Waals surface area contributed by atoms with E-state index in [1.165, 1.54) is 6.07 Å². The van der Waals surface area contributed by atoms with Crippen LogP contribution in [0, 0.1) is 11.7 Å². The first-order chi connectivity index (χ1) is 9.99. The summed E-state index contributed by atoms with van der Waals surface area (Å²) in [7, 11) is 0. The molecule has 2 atom stereocenters. The van der Waals surface area contributed by atoms with E-state index in [9.17, 15) is 14.0 Å². The molecular weight excluding hydrogens is 273 g/mol. The summed E-state index contributed by atoms with van der Waals surface area (Å²) < 4.78 is 13.7. The maximum absolute atomic E-state index is 13.7. The van der Waals surface area contributed by atoms with E-state index in [0.29, 0.717) is 24.9 Å². The van der Waals surface area contributed by atoms with Crippen LogP contribution >= 0.6 is 0 Å². The number of carboxylic acids is 1. The first-order valence-electron chi connectivity index (χ1n) is 7.24. The van der Waals surface area contributed by atoms with Crippen molar-refractivity contribution in [3.8, 4) is 0 Å². The van der Waals surface area contributed by atoms with E-state index in [1.807, 2.05) is 6.92 Å². The van der Waals surface area contributed by atoms with Gasteiger partial charge in [-0.15, -0.1) is 0 Å². The minimum Gasteiger partial charge on any atom is -0.481 e. The predicted octanol–water partition coefficient (Wildman–Crippen LogP) is 2.64. The van der Waals surface area contributed by atoms with Gasteiger partial charge in [0.2, 0.25) is 5.91 Å². The summed E-state index contributed by atoms with van der Waals surface area (Å²) in [6.07, 6.45) is 1.52. The second-order valence-corrected chi connectivity index (χ2v) is 5.64. The van der Waals surface area contributed by atoms with Crippen LogP contribution in [0.3, 0.4) is 0 Å². The molecule has 0 bridgehead atoms. The van der Waals surface area contributed by atoms with E-state index in [-0.39, 0.29) is 30.6 Å². The Kier molecular flexibility index (Phi) is 4.94. The van der Waals surface area contributed by atoms with Gasteiger partial charge in [0, 0.05) is 19.5 Å². The molecule has 1 saturated heterocycles. The highest BCUT2D eigenvalue weighted by molar-refractivity contribution is 5.78. The van der Waals surface area contributed by atoms with Crippen molar-refractivity contribution in [1.82, 2.24) is 4.90 Å². The molecule has 0 aliphatic carbocycles. The maximum Gasteiger partial charge on any atom is 0.308 e. The molecule has 21 heavy (non-hydrogen) atoms. The van der Waals surface area contributed by atoms with Gasteiger partial charge < -0.3 is 10.0 Å². The lowest BCUT2D eigenvalue weighted by Crippen LogP contribution is -2.42. The SMILES string of the molecule is CC(CC(=O)N1CCCC(C(=O)O)C1)c1ccccc1F. The fraction of sp³-hybridized carbons (Fsp3) is 0.500. The minimum absolute atomic E-state index is 0.100. The molecule has 1 aliphatic rings. The molecule has 1 heterocycles. The number of likely N-dealkylation sites (tertiary alicyclic amines) is 1. The number of hydrogen-bond acceptors (Lipinski definition) is 2. The number of hydrogen-bond donors (Lipinski definition) is 1. The Balaban J connectivity index is 1.98. The van der Waals surface area contributed by atoms with Crippen LogP contribution < -0.4 is 0 Å². The van der Waals surface area contributed by atoms with Crippen molar-refractivity contribution < 1.29 is 19.1 Å². The van der Waals surface area contributed by atoms with Crippen LogP contribution in [-0.4, -0.2) is 35.0 Å². The van der Waals surface area contributed by atoms with Gasteiger partial charge in [-0.25, -0.2) is 4.39 Å². The van der Waals surface area contributed by atoms with E-state index in [2.05, 4.69) is 0 Å². The van der Waals surface area contributed by atoms with Crippen molar-refractivity contribution >= 4 is 11.9 Å². The Bertz CT molecular complexity index is 532. The van der Waals surface area contributed by atoms with Gasteiger partial charge in [0.1, 0.15) is 5.82 Å². The molecule has 0 aromatic heterocycles. The lowest BCUT2D eigenvalue weighted by molar-refractivity contribution is -0.145. The molecule has 2 unspecified atom stereocenters. The number of carboxylic acid groups (broad SMARTS) is 1. The summed E-state index contributed by atoms with van der Waals surface area (Å²) in [6.45, 7) is 2.67. The molecule has 114 valence electrons. The van der Waals surface area contributed by atoms with Crippen LogP contribution in [0.2, 0.25) is 0 Å². The van der Waals surface area contributed by atoms with Crippen molar-refractivity contribution in [3.05, 3.63) is 35.6 Å². The number of carbonyl (C=O) groups is 2. The highest BCUT2D eigenvalue weighted by atomic mass is 19.1. The quantitative estimate of drug-likeness (QED) is 0.928. The third-order valence-corrected chi connectivity index (χ3v) is 4.04. The van der Waals surface area contributed by atoms with Gasteiger partial charge in [-0.05, 0) is 30.4 Å². The zero-order valence-corrected chi connectivity index (χ0v) is 12.1. The lowest BCUT2D eigenvalue weighted by Gasteiger charge is -2.31. The highest BCUT2D eigenvalue weighted by Crippen LogP contribution is 2.24. The Morgan fingerprint density at radius 3 is 2.81 bits per heavy atom. The smallest absolute Gasteiger partial charge is 0.308 e. The molecular formula is C16H20FNO3. The van der Waals surface area contributed by atoms with Gasteiger partial charge in [-0.1, -0.05) is 25.1 Å². The van der Waals surface area contributed by atoms with Gasteiger partial charge >= 0.3 is 5.97 Å². The molecule has 0 radical (unpaired) electrons. The van der Waals surface area contributed by atoms with E-state index in [0.717, 1.165) is 0 Å². The molecule has 1 aromatic rings. The third-order valence-electron chi connectivity index (χ3n) is 4.04.